The lowest BCUT2D eigenvalue weighted by Crippen LogP contribution is -2.30. The van der Waals surface area contributed by atoms with E-state index in [0.29, 0.717) is 28.8 Å². The van der Waals surface area contributed by atoms with E-state index in [0.717, 1.165) is 25.7 Å². The van der Waals surface area contributed by atoms with Gasteiger partial charge < -0.3 is 27.0 Å². The van der Waals surface area contributed by atoms with Crippen LogP contribution in [0.15, 0.2) is 48.2 Å². The van der Waals surface area contributed by atoms with Crippen LogP contribution in [0.1, 0.15) is 36.0 Å². The highest BCUT2D eigenvalue weighted by Gasteiger charge is 2.23. The van der Waals surface area contributed by atoms with Crippen LogP contribution in [0.25, 0.3) is 0 Å². The largest absolute Gasteiger partial charge is 0.365 e. The number of halogens is 1. The second-order valence-corrected chi connectivity index (χ2v) is 8.06. The van der Waals surface area contributed by atoms with Crippen molar-refractivity contribution in [3.8, 4) is 0 Å². The molecule has 9 nitrogen and oxygen atoms in total. The molecule has 0 spiro atoms. The summed E-state index contributed by atoms with van der Waals surface area (Å²) < 4.78 is 0. The van der Waals surface area contributed by atoms with Crippen LogP contribution in [0.4, 0.5) is 27.9 Å². The number of allylic oxidation sites excluding steroid dienone is 3. The van der Waals surface area contributed by atoms with Gasteiger partial charge in [-0.3, -0.25) is 4.79 Å². The van der Waals surface area contributed by atoms with Crippen LogP contribution >= 0.6 is 11.6 Å². The van der Waals surface area contributed by atoms with E-state index in [4.69, 9.17) is 17.3 Å². The fourth-order valence-electron chi connectivity index (χ4n) is 3.15. The Balaban J connectivity index is 1.48. The Morgan fingerprint density at radius 3 is 2.81 bits per heavy atom. The van der Waals surface area contributed by atoms with E-state index < -0.39 is 5.91 Å². The zero-order valence-corrected chi connectivity index (χ0v) is 18.1. The molecular weight excluding hydrogens is 430 g/mol. The molecule has 1 fully saturated rings. The number of nitrogens with zero attached hydrogens (tertiary/aromatic N) is 2. The van der Waals surface area contributed by atoms with E-state index in [2.05, 4.69) is 37.3 Å². The molecule has 4 rings (SSSR count). The summed E-state index contributed by atoms with van der Waals surface area (Å²) in [6.07, 6.45) is 11.5. The van der Waals surface area contributed by atoms with Gasteiger partial charge in [-0.1, -0.05) is 35.4 Å². The molecule has 0 saturated heterocycles. The van der Waals surface area contributed by atoms with Gasteiger partial charge in [0.1, 0.15) is 5.82 Å². The minimum atomic E-state index is -0.615. The van der Waals surface area contributed by atoms with Gasteiger partial charge >= 0.3 is 6.03 Å². The van der Waals surface area contributed by atoms with E-state index in [9.17, 15) is 9.59 Å². The Labute approximate surface area is 190 Å². The predicted molar refractivity (Wildman–Crippen MR) is 125 cm³/mol. The van der Waals surface area contributed by atoms with Gasteiger partial charge in [-0.15, -0.1) is 0 Å². The number of nitrogens with one attached hydrogen (secondary N) is 4. The summed E-state index contributed by atoms with van der Waals surface area (Å²) in [5, 5.41) is 12.3. The highest BCUT2D eigenvalue weighted by Crippen LogP contribution is 2.28. The van der Waals surface area contributed by atoms with Crippen molar-refractivity contribution in [2.75, 3.05) is 22.5 Å². The maximum Gasteiger partial charge on any atom is 0.319 e. The van der Waals surface area contributed by atoms with Crippen molar-refractivity contribution in [3.63, 3.8) is 0 Å². The number of hydrogen-bond donors (Lipinski definition) is 5. The summed E-state index contributed by atoms with van der Waals surface area (Å²) in [5.41, 5.74) is 7.97. The number of primary amides is 1. The van der Waals surface area contributed by atoms with Crippen molar-refractivity contribution in [1.82, 2.24) is 15.3 Å². The smallest absolute Gasteiger partial charge is 0.319 e. The summed E-state index contributed by atoms with van der Waals surface area (Å²) in [4.78, 5) is 32.5. The van der Waals surface area contributed by atoms with Crippen LogP contribution in [0, 0.1) is 0 Å². The standard InChI is InChI=1S/C22H24ClN7O2/c23-17-9-8-15(10-18(17)29-22(32)28-14-6-7-14)27-21-26-12-16(19(24)31)20(30-21)25-11-13-4-2-1-3-5-13/h1-2,4,8-10,12,14H,3,5-7,11H2,(H2,24,31)(H2,28,29,32)(H2,25,26,27,30). The highest BCUT2D eigenvalue weighted by molar-refractivity contribution is 6.33. The number of carbonyl (C=O) groups is 2. The summed E-state index contributed by atoms with van der Waals surface area (Å²) >= 11 is 6.22. The van der Waals surface area contributed by atoms with Crippen molar-refractivity contribution < 1.29 is 9.59 Å². The number of benzene rings is 1. The van der Waals surface area contributed by atoms with Gasteiger partial charge in [0.2, 0.25) is 5.95 Å². The molecule has 1 saturated carbocycles. The Hall–Kier alpha value is -3.59. The summed E-state index contributed by atoms with van der Waals surface area (Å²) in [5.74, 6) is 0.00326. The number of rotatable bonds is 8. The quantitative estimate of drug-likeness (QED) is 0.411. The molecule has 2 aliphatic rings. The van der Waals surface area contributed by atoms with E-state index in [1.807, 2.05) is 12.2 Å². The second kappa shape index (κ2) is 9.69. The molecule has 2 aliphatic carbocycles. The Bertz CT molecular complexity index is 1100. The molecule has 0 aliphatic heterocycles. The highest BCUT2D eigenvalue weighted by atomic mass is 35.5. The van der Waals surface area contributed by atoms with Crippen LogP contribution in [-0.4, -0.2) is 34.5 Å². The number of nitrogens with two attached hydrogens (primary N) is 1. The summed E-state index contributed by atoms with van der Waals surface area (Å²) in [6.45, 7) is 0.548. The van der Waals surface area contributed by atoms with Gasteiger partial charge in [0.05, 0.1) is 16.3 Å². The first-order valence-electron chi connectivity index (χ1n) is 10.4. The minimum Gasteiger partial charge on any atom is -0.365 e. The number of aromatic nitrogens is 2. The van der Waals surface area contributed by atoms with E-state index in [1.54, 1.807) is 18.2 Å². The Morgan fingerprint density at radius 1 is 1.25 bits per heavy atom. The first-order chi connectivity index (χ1) is 15.5. The lowest BCUT2D eigenvalue weighted by atomic mass is 10.1. The van der Waals surface area contributed by atoms with Crippen LogP contribution in [0.5, 0.6) is 0 Å². The van der Waals surface area contributed by atoms with Gasteiger partial charge in [-0.05, 0) is 43.9 Å². The summed E-state index contributed by atoms with van der Waals surface area (Å²) in [7, 11) is 0. The molecule has 1 aromatic carbocycles. The van der Waals surface area contributed by atoms with Crippen LogP contribution in [-0.2, 0) is 0 Å². The van der Waals surface area contributed by atoms with E-state index in [-0.39, 0.29) is 23.6 Å². The van der Waals surface area contributed by atoms with Gasteiger partial charge in [-0.2, -0.15) is 4.98 Å². The average molecular weight is 454 g/mol. The van der Waals surface area contributed by atoms with Crippen LogP contribution in [0.2, 0.25) is 5.02 Å². The molecule has 166 valence electrons. The van der Waals surface area contributed by atoms with Gasteiger partial charge in [0.15, 0.2) is 0 Å². The van der Waals surface area contributed by atoms with E-state index >= 15 is 0 Å². The van der Waals surface area contributed by atoms with Crippen LogP contribution in [0.3, 0.4) is 0 Å². The molecule has 0 radical (unpaired) electrons. The van der Waals surface area contributed by atoms with Crippen molar-refractivity contribution >= 4 is 46.7 Å². The Kier molecular flexibility index (Phi) is 6.55. The third-order valence-electron chi connectivity index (χ3n) is 5.02. The molecule has 0 atom stereocenters. The molecular formula is C22H24ClN7O2. The molecule has 6 N–H and O–H groups in total. The number of anilines is 4. The van der Waals surface area contributed by atoms with Crippen molar-refractivity contribution in [2.45, 2.75) is 31.7 Å². The second-order valence-electron chi connectivity index (χ2n) is 7.66. The zero-order chi connectivity index (χ0) is 22.5. The average Bonchev–Trinajstić information content (AvgIpc) is 3.59. The van der Waals surface area contributed by atoms with Crippen molar-refractivity contribution in [3.05, 3.63) is 58.8 Å². The zero-order valence-electron chi connectivity index (χ0n) is 17.3. The molecule has 1 heterocycles. The molecule has 1 aromatic heterocycles. The number of carbonyl (C=O) groups excluding carboxylic acids is 2. The molecule has 32 heavy (non-hydrogen) atoms. The van der Waals surface area contributed by atoms with Gasteiger partial charge in [-0.25, -0.2) is 9.78 Å². The maximum atomic E-state index is 12.0. The van der Waals surface area contributed by atoms with Crippen molar-refractivity contribution in [2.24, 2.45) is 5.73 Å². The molecule has 0 unspecified atom stereocenters. The molecule has 10 heteroatoms. The monoisotopic (exact) mass is 453 g/mol. The first-order valence-corrected chi connectivity index (χ1v) is 10.7. The lowest BCUT2D eigenvalue weighted by Gasteiger charge is -2.14. The number of amides is 3. The summed E-state index contributed by atoms with van der Waals surface area (Å²) in [6, 6.07) is 5.03. The topological polar surface area (TPSA) is 134 Å². The third kappa shape index (κ3) is 5.76. The fraction of sp³-hybridized carbons (Fsp3) is 0.273. The van der Waals surface area contributed by atoms with Gasteiger partial charge in [0.25, 0.3) is 5.91 Å². The maximum absolute atomic E-state index is 12.0. The number of hydrogen-bond acceptors (Lipinski definition) is 6. The minimum absolute atomic E-state index is 0.206. The number of urea groups is 1. The first kappa shape index (κ1) is 21.6. The molecule has 3 amide bonds. The van der Waals surface area contributed by atoms with E-state index in [1.165, 1.54) is 11.8 Å². The van der Waals surface area contributed by atoms with Crippen molar-refractivity contribution in [1.29, 1.82) is 0 Å². The lowest BCUT2D eigenvalue weighted by molar-refractivity contribution is 0.100. The SMILES string of the molecule is NC(=O)c1cnc(Nc2ccc(Cl)c(NC(=O)NC3CC3)c2)nc1NCC1=CC=CCC1. The fourth-order valence-corrected chi connectivity index (χ4v) is 3.32. The Morgan fingerprint density at radius 2 is 2.09 bits per heavy atom. The van der Waals surface area contributed by atoms with Gasteiger partial charge in [0, 0.05) is 24.5 Å². The third-order valence-corrected chi connectivity index (χ3v) is 5.35. The molecule has 2 aromatic rings. The molecule has 0 bridgehead atoms. The normalized spacial score (nSPS) is 15.0. The van der Waals surface area contributed by atoms with Crippen LogP contribution < -0.4 is 27.0 Å². The predicted octanol–water partition coefficient (Wildman–Crippen LogP) is 3.94.